The molecule has 3 aromatic carbocycles. The van der Waals surface area contributed by atoms with Crippen molar-refractivity contribution >= 4 is 29.1 Å². The normalized spacial score (nSPS) is 16.0. The molecule has 2 heterocycles. The number of rotatable bonds is 5. The van der Waals surface area contributed by atoms with E-state index in [1.54, 1.807) is 35.2 Å². The zero-order valence-corrected chi connectivity index (χ0v) is 21.7. The lowest BCUT2D eigenvalue weighted by Gasteiger charge is -2.37. The highest BCUT2D eigenvalue weighted by molar-refractivity contribution is 6.07. The van der Waals surface area contributed by atoms with E-state index in [0.717, 1.165) is 25.2 Å². The van der Waals surface area contributed by atoms with Crippen LogP contribution in [0.15, 0.2) is 72.8 Å². The molecule has 2 fully saturated rings. The van der Waals surface area contributed by atoms with Crippen LogP contribution in [0.25, 0.3) is 0 Å². The fraction of sp³-hybridized carbons (Fsp3) is 0.300. The van der Waals surface area contributed by atoms with Crippen LogP contribution in [0.4, 0.5) is 15.8 Å². The summed E-state index contributed by atoms with van der Waals surface area (Å²) in [5.74, 6) is -0.836. The molecular weight excluding hydrogens is 497 g/mol. The van der Waals surface area contributed by atoms with Crippen molar-refractivity contribution in [2.24, 2.45) is 0 Å². The van der Waals surface area contributed by atoms with Crippen LogP contribution in [0, 0.1) is 5.82 Å². The lowest BCUT2D eigenvalue weighted by molar-refractivity contribution is 0.0743. The van der Waals surface area contributed by atoms with E-state index < -0.39 is 0 Å². The zero-order valence-electron chi connectivity index (χ0n) is 21.7. The van der Waals surface area contributed by atoms with Crippen LogP contribution in [0.2, 0.25) is 0 Å². The average molecular weight is 530 g/mol. The maximum Gasteiger partial charge on any atom is 0.255 e. The van der Waals surface area contributed by atoms with Gasteiger partial charge >= 0.3 is 0 Å². The average Bonchev–Trinajstić information content (AvgIpc) is 3.27. The van der Waals surface area contributed by atoms with E-state index >= 15 is 0 Å². The molecule has 202 valence electrons. The second-order valence-electron chi connectivity index (χ2n) is 9.73. The lowest BCUT2D eigenvalue weighted by atomic mass is 10.1. The number of halogens is 1. The molecule has 5 rings (SSSR count). The number of anilines is 2. The van der Waals surface area contributed by atoms with Crippen LogP contribution in [-0.4, -0.2) is 79.9 Å². The van der Waals surface area contributed by atoms with Gasteiger partial charge in [0.25, 0.3) is 17.7 Å². The minimum absolute atomic E-state index is 0.0600. The minimum atomic E-state index is -0.379. The number of hydrogen-bond donors (Lipinski definition) is 2. The highest BCUT2D eigenvalue weighted by Gasteiger charge is 2.25. The molecule has 9 heteroatoms. The van der Waals surface area contributed by atoms with E-state index in [-0.39, 0.29) is 23.5 Å². The third-order valence-electron chi connectivity index (χ3n) is 7.15. The van der Waals surface area contributed by atoms with Crippen LogP contribution in [-0.2, 0) is 0 Å². The summed E-state index contributed by atoms with van der Waals surface area (Å²) in [5, 5.41) is 6.33. The van der Waals surface area contributed by atoms with Gasteiger partial charge in [0.1, 0.15) is 5.82 Å². The van der Waals surface area contributed by atoms with Crippen LogP contribution >= 0.6 is 0 Å². The van der Waals surface area contributed by atoms with E-state index in [9.17, 15) is 18.8 Å². The van der Waals surface area contributed by atoms with Crippen molar-refractivity contribution in [2.45, 2.75) is 6.42 Å². The minimum Gasteiger partial charge on any atom is -0.366 e. The van der Waals surface area contributed by atoms with Gasteiger partial charge < -0.3 is 25.3 Å². The van der Waals surface area contributed by atoms with Crippen molar-refractivity contribution in [3.63, 3.8) is 0 Å². The maximum absolute atomic E-state index is 13.3. The Bertz CT molecular complexity index is 1320. The summed E-state index contributed by atoms with van der Waals surface area (Å²) in [7, 11) is 0. The zero-order chi connectivity index (χ0) is 27.2. The van der Waals surface area contributed by atoms with Gasteiger partial charge in [0, 0.05) is 62.5 Å². The molecule has 3 aromatic rings. The predicted molar refractivity (Wildman–Crippen MR) is 149 cm³/mol. The van der Waals surface area contributed by atoms with Crippen molar-refractivity contribution in [1.82, 2.24) is 15.1 Å². The molecule has 0 atom stereocenters. The standard InChI is InChI=1S/C30H32FN5O3/c31-25-10-7-23(8-11-25)29(38)36-19-17-34(18-20-36)27-12-9-24(30(39)35-15-4-13-32-14-16-35)21-26(27)33-28(37)22-5-2-1-3-6-22/h1-3,5-12,21,32H,4,13-20H2,(H,33,37). The number of benzene rings is 3. The highest BCUT2D eigenvalue weighted by Crippen LogP contribution is 2.30. The first kappa shape index (κ1) is 26.4. The number of hydrogen-bond acceptors (Lipinski definition) is 5. The summed E-state index contributed by atoms with van der Waals surface area (Å²) in [6.07, 6.45) is 0.891. The monoisotopic (exact) mass is 529 g/mol. The summed E-state index contributed by atoms with van der Waals surface area (Å²) in [4.78, 5) is 45.0. The largest absolute Gasteiger partial charge is 0.366 e. The molecule has 0 bridgehead atoms. The second-order valence-corrected chi connectivity index (χ2v) is 9.73. The van der Waals surface area contributed by atoms with Crippen molar-refractivity contribution in [3.05, 3.63) is 95.3 Å². The van der Waals surface area contributed by atoms with Gasteiger partial charge in [-0.05, 0) is 67.6 Å². The van der Waals surface area contributed by atoms with Gasteiger partial charge in [-0.2, -0.15) is 0 Å². The van der Waals surface area contributed by atoms with Crippen LogP contribution in [0.1, 0.15) is 37.5 Å². The molecule has 2 N–H and O–H groups in total. The number of nitrogens with zero attached hydrogens (tertiary/aromatic N) is 3. The second kappa shape index (κ2) is 12.1. The fourth-order valence-electron chi connectivity index (χ4n) is 4.99. The van der Waals surface area contributed by atoms with Gasteiger partial charge in [0.2, 0.25) is 0 Å². The lowest BCUT2D eigenvalue weighted by Crippen LogP contribution is -2.49. The Morgan fingerprint density at radius 3 is 2.10 bits per heavy atom. The quantitative estimate of drug-likeness (QED) is 0.529. The Hall–Kier alpha value is -4.24. The molecule has 0 radical (unpaired) electrons. The molecule has 0 saturated carbocycles. The van der Waals surface area contributed by atoms with E-state index in [0.29, 0.717) is 61.6 Å². The van der Waals surface area contributed by atoms with Gasteiger partial charge in [0.05, 0.1) is 11.4 Å². The maximum atomic E-state index is 13.3. The molecule has 39 heavy (non-hydrogen) atoms. The van der Waals surface area contributed by atoms with Gasteiger partial charge in [0.15, 0.2) is 0 Å². The molecule has 0 aromatic heterocycles. The summed E-state index contributed by atoms with van der Waals surface area (Å²) in [6, 6.07) is 20.0. The molecule has 2 aliphatic heterocycles. The number of nitrogens with one attached hydrogen (secondary N) is 2. The number of carbonyl (C=O) groups excluding carboxylic acids is 3. The number of piperazine rings is 1. The van der Waals surface area contributed by atoms with Gasteiger partial charge in [-0.25, -0.2) is 4.39 Å². The van der Waals surface area contributed by atoms with Crippen molar-refractivity contribution in [1.29, 1.82) is 0 Å². The van der Waals surface area contributed by atoms with Crippen LogP contribution in [0.3, 0.4) is 0 Å². The first-order chi connectivity index (χ1) is 19.0. The van der Waals surface area contributed by atoms with Crippen molar-refractivity contribution < 1.29 is 18.8 Å². The molecule has 2 aliphatic rings. The highest BCUT2D eigenvalue weighted by atomic mass is 19.1. The smallest absolute Gasteiger partial charge is 0.255 e. The van der Waals surface area contributed by atoms with E-state index in [4.69, 9.17) is 0 Å². The molecule has 0 spiro atoms. The van der Waals surface area contributed by atoms with E-state index in [1.165, 1.54) is 24.3 Å². The van der Waals surface area contributed by atoms with Gasteiger partial charge in [-0.1, -0.05) is 18.2 Å². The Labute approximate surface area is 227 Å². The third-order valence-corrected chi connectivity index (χ3v) is 7.15. The van der Waals surface area contributed by atoms with Crippen molar-refractivity contribution in [2.75, 3.05) is 62.6 Å². The molecule has 2 saturated heterocycles. The topological polar surface area (TPSA) is 85.0 Å². The summed E-state index contributed by atoms with van der Waals surface area (Å²) in [5.41, 5.74) is 2.85. The molecule has 0 aliphatic carbocycles. The van der Waals surface area contributed by atoms with Crippen molar-refractivity contribution in [3.8, 4) is 0 Å². The Kier molecular flexibility index (Phi) is 8.17. The van der Waals surface area contributed by atoms with Gasteiger partial charge in [-0.3, -0.25) is 14.4 Å². The molecule has 8 nitrogen and oxygen atoms in total. The Morgan fingerprint density at radius 1 is 0.692 bits per heavy atom. The Morgan fingerprint density at radius 2 is 1.36 bits per heavy atom. The van der Waals surface area contributed by atoms with Crippen LogP contribution in [0.5, 0.6) is 0 Å². The summed E-state index contributed by atoms with van der Waals surface area (Å²) < 4.78 is 13.3. The van der Waals surface area contributed by atoms with E-state index in [1.807, 2.05) is 23.1 Å². The Balaban J connectivity index is 1.36. The van der Waals surface area contributed by atoms with E-state index in [2.05, 4.69) is 15.5 Å². The van der Waals surface area contributed by atoms with Gasteiger partial charge in [-0.15, -0.1) is 0 Å². The molecule has 0 unspecified atom stereocenters. The first-order valence-corrected chi connectivity index (χ1v) is 13.3. The summed E-state index contributed by atoms with van der Waals surface area (Å²) >= 11 is 0. The molecular formula is C30H32FN5O3. The summed E-state index contributed by atoms with van der Waals surface area (Å²) in [6.45, 7) is 5.00. The SMILES string of the molecule is O=C(Nc1cc(C(=O)N2CCCNCC2)ccc1N1CCN(C(=O)c2ccc(F)cc2)CC1)c1ccccc1. The first-order valence-electron chi connectivity index (χ1n) is 13.3. The fourth-order valence-corrected chi connectivity index (χ4v) is 4.99. The third kappa shape index (κ3) is 6.26. The number of carbonyl (C=O) groups is 3. The van der Waals surface area contributed by atoms with Crippen LogP contribution < -0.4 is 15.5 Å². The molecule has 3 amide bonds. The number of amides is 3. The predicted octanol–water partition coefficient (Wildman–Crippen LogP) is 3.48.